The van der Waals surface area contributed by atoms with Crippen LogP contribution in [-0.2, 0) is 4.79 Å². The molecule has 2 N–H and O–H groups in total. The topological polar surface area (TPSA) is 82.5 Å². The number of carbonyl (C=O) groups excluding carboxylic acids is 2. The molecule has 0 saturated carbocycles. The maximum atomic E-state index is 13.2. The number of aryl methyl sites for hydroxylation is 1. The molecule has 7 heteroatoms. The van der Waals surface area contributed by atoms with E-state index in [9.17, 15) is 14.7 Å². The lowest BCUT2D eigenvalue weighted by Crippen LogP contribution is -2.43. The summed E-state index contributed by atoms with van der Waals surface area (Å²) in [5, 5.41) is 15.6. The molecule has 5 rings (SSSR count). The highest BCUT2D eigenvalue weighted by Gasteiger charge is 2.36. The van der Waals surface area contributed by atoms with Crippen LogP contribution in [0.15, 0.2) is 54.6 Å². The van der Waals surface area contributed by atoms with Gasteiger partial charge in [0.05, 0.1) is 15.8 Å². The smallest absolute Gasteiger partial charge is 0.258 e. The number of thiazole rings is 1. The quantitative estimate of drug-likeness (QED) is 0.492. The number of benzene rings is 3. The third-order valence-corrected chi connectivity index (χ3v) is 6.73. The summed E-state index contributed by atoms with van der Waals surface area (Å²) in [5.41, 5.74) is 2.15. The van der Waals surface area contributed by atoms with Gasteiger partial charge >= 0.3 is 0 Å². The first kappa shape index (κ1) is 19.5. The molecule has 1 aliphatic heterocycles. The number of para-hydroxylation sites is 1. The van der Waals surface area contributed by atoms with Crippen molar-refractivity contribution in [2.45, 2.75) is 25.8 Å². The number of phenolic OH excluding ortho intramolecular Hbond substituents is 1. The molecule has 1 fully saturated rings. The van der Waals surface area contributed by atoms with E-state index in [2.05, 4.69) is 10.3 Å². The van der Waals surface area contributed by atoms with Gasteiger partial charge in [-0.1, -0.05) is 53.8 Å². The van der Waals surface area contributed by atoms with Gasteiger partial charge in [-0.3, -0.25) is 9.59 Å². The fourth-order valence-electron chi connectivity index (χ4n) is 4.19. The van der Waals surface area contributed by atoms with Crippen molar-refractivity contribution in [2.24, 2.45) is 0 Å². The average molecular weight is 432 g/mol. The molecule has 4 aromatic rings. The number of hydrogen-bond donors (Lipinski definition) is 2. The molecule has 0 spiro atoms. The Morgan fingerprint density at radius 3 is 2.81 bits per heavy atom. The number of phenols is 1. The summed E-state index contributed by atoms with van der Waals surface area (Å²) in [6.45, 7) is 2.46. The van der Waals surface area contributed by atoms with Crippen LogP contribution in [-0.4, -0.2) is 39.4 Å². The number of anilines is 1. The Morgan fingerprint density at radius 1 is 1.13 bits per heavy atom. The molecular weight excluding hydrogens is 410 g/mol. The van der Waals surface area contributed by atoms with Crippen molar-refractivity contribution in [3.63, 3.8) is 0 Å². The zero-order valence-electron chi connectivity index (χ0n) is 17.0. The molecule has 31 heavy (non-hydrogen) atoms. The number of amides is 2. The number of hydrogen-bond acceptors (Lipinski definition) is 5. The van der Waals surface area contributed by atoms with E-state index in [4.69, 9.17) is 0 Å². The minimum absolute atomic E-state index is 0.0455. The molecule has 2 amide bonds. The summed E-state index contributed by atoms with van der Waals surface area (Å²) in [6.07, 6.45) is 1.31. The van der Waals surface area contributed by atoms with Gasteiger partial charge in [0, 0.05) is 11.9 Å². The van der Waals surface area contributed by atoms with E-state index < -0.39 is 6.04 Å². The monoisotopic (exact) mass is 431 g/mol. The Morgan fingerprint density at radius 2 is 1.97 bits per heavy atom. The summed E-state index contributed by atoms with van der Waals surface area (Å²) >= 11 is 1.42. The van der Waals surface area contributed by atoms with Gasteiger partial charge in [-0.2, -0.15) is 0 Å². The molecule has 0 radical (unpaired) electrons. The summed E-state index contributed by atoms with van der Waals surface area (Å²) in [7, 11) is 0. The number of aromatic nitrogens is 1. The predicted molar refractivity (Wildman–Crippen MR) is 123 cm³/mol. The van der Waals surface area contributed by atoms with Crippen LogP contribution in [0, 0.1) is 6.92 Å². The summed E-state index contributed by atoms with van der Waals surface area (Å²) in [6, 6.07) is 16.2. The van der Waals surface area contributed by atoms with Crippen LogP contribution < -0.4 is 5.32 Å². The van der Waals surface area contributed by atoms with Gasteiger partial charge in [-0.15, -0.1) is 0 Å². The molecule has 1 atom stereocenters. The largest absolute Gasteiger partial charge is 0.506 e. The standard InChI is InChI=1S/C24H21N3O3S/c1-14-6-4-10-19-20(14)25-24(31-19)26-22(29)18-9-5-13-27(18)23(30)17-12-11-15-7-2-3-8-16(15)21(17)28/h2-4,6-8,10-12,18,28H,5,9,13H2,1H3,(H,25,26,29). The summed E-state index contributed by atoms with van der Waals surface area (Å²) in [5.74, 6) is -0.625. The van der Waals surface area contributed by atoms with Crippen molar-refractivity contribution in [3.8, 4) is 5.75 Å². The van der Waals surface area contributed by atoms with Crippen molar-refractivity contribution >= 4 is 49.3 Å². The second-order valence-corrected chi connectivity index (χ2v) is 8.80. The van der Waals surface area contributed by atoms with Crippen LogP contribution >= 0.6 is 11.3 Å². The number of likely N-dealkylation sites (tertiary alicyclic amines) is 1. The summed E-state index contributed by atoms with van der Waals surface area (Å²) in [4.78, 5) is 32.4. The first-order chi connectivity index (χ1) is 15.0. The van der Waals surface area contributed by atoms with Gasteiger partial charge in [0.25, 0.3) is 5.91 Å². The molecule has 0 bridgehead atoms. The van der Waals surface area contributed by atoms with Gasteiger partial charge in [-0.25, -0.2) is 4.98 Å². The second-order valence-electron chi connectivity index (χ2n) is 7.77. The van der Waals surface area contributed by atoms with Crippen LogP contribution in [0.4, 0.5) is 5.13 Å². The number of fused-ring (bicyclic) bond motifs is 2. The molecule has 1 unspecified atom stereocenters. The first-order valence-corrected chi connectivity index (χ1v) is 11.0. The van der Waals surface area contributed by atoms with Crippen molar-refractivity contribution in [1.82, 2.24) is 9.88 Å². The minimum Gasteiger partial charge on any atom is -0.506 e. The normalized spacial score (nSPS) is 16.2. The lowest BCUT2D eigenvalue weighted by Gasteiger charge is -2.24. The minimum atomic E-state index is -0.591. The van der Waals surface area contributed by atoms with Crippen molar-refractivity contribution in [1.29, 1.82) is 0 Å². The van der Waals surface area contributed by atoms with Gasteiger partial charge < -0.3 is 15.3 Å². The second kappa shape index (κ2) is 7.67. The van der Waals surface area contributed by atoms with Crippen molar-refractivity contribution < 1.29 is 14.7 Å². The maximum Gasteiger partial charge on any atom is 0.258 e. The average Bonchev–Trinajstić information content (AvgIpc) is 3.41. The van der Waals surface area contributed by atoms with Crippen LogP contribution in [0.2, 0.25) is 0 Å². The van der Waals surface area contributed by atoms with Gasteiger partial charge in [-0.05, 0) is 42.8 Å². The fraction of sp³-hybridized carbons (Fsp3) is 0.208. The fourth-order valence-corrected chi connectivity index (χ4v) is 5.14. The highest BCUT2D eigenvalue weighted by molar-refractivity contribution is 7.22. The molecule has 156 valence electrons. The molecule has 3 aromatic carbocycles. The molecular formula is C24H21N3O3S. The lowest BCUT2D eigenvalue weighted by atomic mass is 10.0. The van der Waals surface area contributed by atoms with Crippen molar-refractivity contribution in [2.75, 3.05) is 11.9 Å². The predicted octanol–water partition coefficient (Wildman–Crippen LogP) is 4.71. The van der Waals surface area contributed by atoms with Crippen LogP contribution in [0.25, 0.3) is 21.0 Å². The van der Waals surface area contributed by atoms with E-state index in [1.165, 1.54) is 11.3 Å². The number of aromatic hydroxyl groups is 1. The van der Waals surface area contributed by atoms with E-state index in [0.29, 0.717) is 23.5 Å². The third-order valence-electron chi connectivity index (χ3n) is 5.80. The van der Waals surface area contributed by atoms with E-state index in [-0.39, 0.29) is 23.1 Å². The Bertz CT molecular complexity index is 1330. The third kappa shape index (κ3) is 3.41. The molecule has 6 nitrogen and oxygen atoms in total. The van der Waals surface area contributed by atoms with E-state index in [1.807, 2.05) is 49.4 Å². The molecule has 1 saturated heterocycles. The number of carbonyl (C=O) groups is 2. The van der Waals surface area contributed by atoms with Crippen molar-refractivity contribution in [3.05, 3.63) is 65.7 Å². The first-order valence-electron chi connectivity index (χ1n) is 10.2. The van der Waals surface area contributed by atoms with Crippen LogP contribution in [0.1, 0.15) is 28.8 Å². The van der Waals surface area contributed by atoms with Gasteiger partial charge in [0.1, 0.15) is 11.8 Å². The Labute approximate surface area is 183 Å². The molecule has 2 heterocycles. The highest BCUT2D eigenvalue weighted by atomic mass is 32.1. The Hall–Kier alpha value is -3.45. The van der Waals surface area contributed by atoms with Gasteiger partial charge in [0.2, 0.25) is 5.91 Å². The lowest BCUT2D eigenvalue weighted by molar-refractivity contribution is -0.119. The maximum absolute atomic E-state index is 13.2. The van der Waals surface area contributed by atoms with Gasteiger partial charge in [0.15, 0.2) is 5.13 Å². The molecule has 0 aliphatic carbocycles. The Balaban J connectivity index is 1.40. The number of rotatable bonds is 3. The molecule has 1 aliphatic rings. The van der Waals surface area contributed by atoms with Crippen LogP contribution in [0.5, 0.6) is 5.75 Å². The SMILES string of the molecule is Cc1cccc2sc(NC(=O)C3CCCN3C(=O)c3ccc4ccccc4c3O)nc12. The summed E-state index contributed by atoms with van der Waals surface area (Å²) < 4.78 is 1.01. The molecule has 1 aromatic heterocycles. The zero-order chi connectivity index (χ0) is 21.5. The zero-order valence-corrected chi connectivity index (χ0v) is 17.8. The highest BCUT2D eigenvalue weighted by Crippen LogP contribution is 2.32. The van der Waals surface area contributed by atoms with E-state index >= 15 is 0 Å². The number of nitrogens with one attached hydrogen (secondary N) is 1. The van der Waals surface area contributed by atoms with E-state index in [0.717, 1.165) is 27.6 Å². The Kier molecular flexibility index (Phi) is 4.82. The van der Waals surface area contributed by atoms with Crippen LogP contribution in [0.3, 0.4) is 0 Å². The number of nitrogens with zero attached hydrogens (tertiary/aromatic N) is 2. The van der Waals surface area contributed by atoms with E-state index in [1.54, 1.807) is 17.0 Å².